The van der Waals surface area contributed by atoms with Gasteiger partial charge in [0.05, 0.1) is 0 Å². The van der Waals surface area contributed by atoms with Crippen molar-refractivity contribution in [2.24, 2.45) is 0 Å². The van der Waals surface area contributed by atoms with E-state index in [2.05, 4.69) is 34.3 Å². The lowest BCUT2D eigenvalue weighted by molar-refractivity contribution is 0.491. The molecule has 0 amide bonds. The minimum atomic E-state index is -2.09. The van der Waals surface area contributed by atoms with Crippen molar-refractivity contribution in [1.29, 1.82) is 0 Å². The van der Waals surface area contributed by atoms with Gasteiger partial charge >= 0.3 is 10.0 Å². The maximum atomic E-state index is 5.37. The third-order valence-corrected chi connectivity index (χ3v) is 5.21. The second kappa shape index (κ2) is 5.44. The zero-order chi connectivity index (χ0) is 8.74. The molecule has 5 heteroatoms. The molecular formula is C6H9O2Si3. The van der Waals surface area contributed by atoms with E-state index < -0.39 is 8.32 Å². The molecule has 0 N–H and O–H groups in total. The van der Waals surface area contributed by atoms with Gasteiger partial charge in [0.2, 0.25) is 10.5 Å². The maximum Gasteiger partial charge on any atom is 0.410 e. The summed E-state index contributed by atoms with van der Waals surface area (Å²) in [6.07, 6.45) is 0. The molecule has 5 radical (unpaired) electrons. The standard InChI is InChI=1S/C6H9O2Si3/c1-4-11(5-2,6-3)8-10-7-9/h4-6H,1-3H2. The zero-order valence-corrected chi connectivity index (χ0v) is 9.17. The van der Waals surface area contributed by atoms with Crippen molar-refractivity contribution in [3.05, 3.63) is 36.8 Å². The number of hydrogen-bond acceptors (Lipinski definition) is 2. The lowest BCUT2D eigenvalue weighted by Crippen LogP contribution is -2.34. The number of rotatable bonds is 6. The van der Waals surface area contributed by atoms with Gasteiger partial charge in [-0.15, -0.1) is 19.7 Å². The molecule has 0 unspecified atom stereocenters. The van der Waals surface area contributed by atoms with Gasteiger partial charge in [-0.1, -0.05) is 17.1 Å². The molecule has 0 bridgehead atoms. The molecule has 2 nitrogen and oxygen atoms in total. The Balaban J connectivity index is 4.16. The van der Waals surface area contributed by atoms with E-state index in [-0.39, 0.29) is 10.0 Å². The Kier molecular flexibility index (Phi) is 5.34. The summed E-state index contributed by atoms with van der Waals surface area (Å²) in [5, 5.41) is 0. The van der Waals surface area contributed by atoms with Crippen molar-refractivity contribution in [2.75, 3.05) is 0 Å². The van der Waals surface area contributed by atoms with Crippen LogP contribution in [-0.4, -0.2) is 28.8 Å². The average molecular weight is 197 g/mol. The van der Waals surface area contributed by atoms with Crippen LogP contribution in [0.15, 0.2) is 36.8 Å². The molecule has 57 valence electrons. The fraction of sp³-hybridized carbons (Fsp3) is 0. The molecule has 0 aromatic carbocycles. The first-order valence-corrected chi connectivity index (χ1v) is 6.27. The Hall–Kier alpha value is -0.209. The fourth-order valence-corrected chi connectivity index (χ4v) is 3.09. The van der Waals surface area contributed by atoms with Gasteiger partial charge in [-0.3, -0.25) is 0 Å². The van der Waals surface area contributed by atoms with Gasteiger partial charge in [0.15, 0.2) is 0 Å². The van der Waals surface area contributed by atoms with Crippen molar-refractivity contribution in [1.82, 2.24) is 0 Å². The Morgan fingerprint density at radius 1 is 1.18 bits per heavy atom. The Bertz CT molecular complexity index is 136. The molecule has 0 saturated carbocycles. The summed E-state index contributed by atoms with van der Waals surface area (Å²) in [6, 6.07) is 0. The largest absolute Gasteiger partial charge is 0.435 e. The topological polar surface area (TPSA) is 18.5 Å². The predicted molar refractivity (Wildman–Crippen MR) is 50.0 cm³/mol. The van der Waals surface area contributed by atoms with Crippen LogP contribution in [0.4, 0.5) is 0 Å². The van der Waals surface area contributed by atoms with Gasteiger partial charge < -0.3 is 8.23 Å². The first kappa shape index (κ1) is 10.8. The van der Waals surface area contributed by atoms with E-state index in [0.29, 0.717) is 0 Å². The molecule has 0 aromatic heterocycles. The van der Waals surface area contributed by atoms with Crippen LogP contribution in [0.3, 0.4) is 0 Å². The average Bonchev–Trinajstić information content (AvgIpc) is 2.08. The normalized spacial score (nSPS) is 10.6. The van der Waals surface area contributed by atoms with E-state index in [4.69, 9.17) is 4.12 Å². The van der Waals surface area contributed by atoms with Crippen molar-refractivity contribution >= 4 is 28.8 Å². The highest BCUT2D eigenvalue weighted by atomic mass is 28.4. The van der Waals surface area contributed by atoms with Gasteiger partial charge in [-0.05, 0) is 0 Å². The van der Waals surface area contributed by atoms with Crippen LogP contribution in [0.1, 0.15) is 0 Å². The zero-order valence-electron chi connectivity index (χ0n) is 6.17. The SMILES string of the molecule is C=C[Si](C=C)(C=C)O[Si]O[Si]. The van der Waals surface area contributed by atoms with E-state index in [1.54, 1.807) is 17.1 Å². The molecule has 0 saturated heterocycles. The molecule has 0 aliphatic rings. The second-order valence-electron chi connectivity index (χ2n) is 1.75. The van der Waals surface area contributed by atoms with Crippen LogP contribution in [0.2, 0.25) is 0 Å². The minimum Gasteiger partial charge on any atom is -0.435 e. The third kappa shape index (κ3) is 3.12. The van der Waals surface area contributed by atoms with Crippen LogP contribution in [-0.2, 0) is 8.23 Å². The second-order valence-corrected chi connectivity index (χ2v) is 6.48. The van der Waals surface area contributed by atoms with Gasteiger partial charge in [0.25, 0.3) is 8.32 Å². The maximum absolute atomic E-state index is 5.37. The highest BCUT2D eigenvalue weighted by Crippen LogP contribution is 2.07. The first-order valence-electron chi connectivity index (χ1n) is 2.91. The Morgan fingerprint density at radius 3 is 1.91 bits per heavy atom. The van der Waals surface area contributed by atoms with Crippen LogP contribution >= 0.6 is 0 Å². The Labute approximate surface area is 74.3 Å². The van der Waals surface area contributed by atoms with E-state index in [0.717, 1.165) is 0 Å². The summed E-state index contributed by atoms with van der Waals surface area (Å²) in [6.45, 7) is 11.0. The minimum absolute atomic E-state index is 0.0517. The van der Waals surface area contributed by atoms with E-state index in [1.165, 1.54) is 0 Å². The van der Waals surface area contributed by atoms with E-state index in [9.17, 15) is 0 Å². The van der Waals surface area contributed by atoms with Crippen molar-refractivity contribution < 1.29 is 8.23 Å². The molecular weight excluding hydrogens is 188 g/mol. The molecule has 0 rings (SSSR count). The number of hydrogen-bond donors (Lipinski definition) is 0. The Morgan fingerprint density at radius 2 is 1.64 bits per heavy atom. The third-order valence-electron chi connectivity index (χ3n) is 1.22. The highest BCUT2D eigenvalue weighted by molar-refractivity contribution is 6.90. The smallest absolute Gasteiger partial charge is 0.410 e. The summed E-state index contributed by atoms with van der Waals surface area (Å²) in [4.78, 5) is 0. The summed E-state index contributed by atoms with van der Waals surface area (Å²) in [5.41, 5.74) is 5.22. The first-order chi connectivity index (χ1) is 5.24. The molecule has 0 aromatic rings. The molecule has 0 atom stereocenters. The van der Waals surface area contributed by atoms with Crippen LogP contribution in [0.5, 0.6) is 0 Å². The van der Waals surface area contributed by atoms with Crippen molar-refractivity contribution in [3.8, 4) is 0 Å². The summed E-state index contributed by atoms with van der Waals surface area (Å²) in [5.74, 6) is 0. The van der Waals surface area contributed by atoms with Crippen molar-refractivity contribution in [2.45, 2.75) is 0 Å². The molecule has 0 fully saturated rings. The summed E-state index contributed by atoms with van der Waals surface area (Å²) in [7, 11) is 0.699. The quantitative estimate of drug-likeness (QED) is 0.585. The van der Waals surface area contributed by atoms with Crippen LogP contribution in [0.25, 0.3) is 0 Å². The lowest BCUT2D eigenvalue weighted by atomic mass is 11.2. The van der Waals surface area contributed by atoms with Crippen LogP contribution < -0.4 is 0 Å². The molecule has 0 aliphatic carbocycles. The fourth-order valence-electron chi connectivity index (χ4n) is 0.468. The van der Waals surface area contributed by atoms with Gasteiger partial charge in [0.1, 0.15) is 0 Å². The molecule has 0 heterocycles. The van der Waals surface area contributed by atoms with E-state index >= 15 is 0 Å². The lowest BCUT2D eigenvalue weighted by Gasteiger charge is -2.18. The van der Waals surface area contributed by atoms with Gasteiger partial charge in [-0.25, -0.2) is 0 Å². The summed E-state index contributed by atoms with van der Waals surface area (Å²) < 4.78 is 9.97. The predicted octanol–water partition coefficient (Wildman–Crippen LogP) is 0.758. The van der Waals surface area contributed by atoms with Crippen molar-refractivity contribution in [3.63, 3.8) is 0 Å². The monoisotopic (exact) mass is 197 g/mol. The molecule has 0 spiro atoms. The van der Waals surface area contributed by atoms with Crippen LogP contribution in [0, 0.1) is 0 Å². The van der Waals surface area contributed by atoms with Gasteiger partial charge in [0, 0.05) is 0 Å². The molecule has 11 heavy (non-hydrogen) atoms. The van der Waals surface area contributed by atoms with Gasteiger partial charge in [-0.2, -0.15) is 0 Å². The summed E-state index contributed by atoms with van der Waals surface area (Å²) >= 11 is 0. The molecule has 0 aliphatic heterocycles. The van der Waals surface area contributed by atoms with E-state index in [1.807, 2.05) is 0 Å². The highest BCUT2D eigenvalue weighted by Gasteiger charge is 2.23.